The van der Waals surface area contributed by atoms with Crippen LogP contribution >= 0.6 is 0 Å². The number of nitrogens with zero attached hydrogens (tertiary/aromatic N) is 6. The zero-order chi connectivity index (χ0) is 51.3. The van der Waals surface area contributed by atoms with Gasteiger partial charge in [0.2, 0.25) is 0 Å². The lowest BCUT2D eigenvalue weighted by molar-refractivity contribution is 1.02. The summed E-state index contributed by atoms with van der Waals surface area (Å²) in [4.78, 5) is 0. The van der Waals surface area contributed by atoms with Crippen LogP contribution in [0.5, 0.6) is 0 Å². The molecule has 0 fully saturated rings. The largest absolute Gasteiger partial charge is 0.306 e. The number of fused-ring (bicyclic) bond motifs is 16. The fraction of sp³-hybridized carbons (Fsp3) is 0. The van der Waals surface area contributed by atoms with Crippen molar-refractivity contribution in [3.63, 3.8) is 0 Å². The Morgan fingerprint density at radius 1 is 0.205 bits per heavy atom. The van der Waals surface area contributed by atoms with Crippen molar-refractivity contribution in [3.05, 3.63) is 254 Å². The second-order valence-electron chi connectivity index (χ2n) is 20.6. The van der Waals surface area contributed by atoms with Gasteiger partial charge in [0.1, 0.15) is 23.3 Å². The summed E-state index contributed by atoms with van der Waals surface area (Å²) in [7, 11) is 0. The van der Waals surface area contributed by atoms with Gasteiger partial charge in [0.25, 0.3) is 0 Å². The predicted molar refractivity (Wildman–Crippen MR) is 323 cm³/mol. The average Bonchev–Trinajstić information content (AvgIpc) is 4.32. The van der Waals surface area contributed by atoms with E-state index in [0.29, 0.717) is 33.9 Å². The van der Waals surface area contributed by atoms with E-state index in [4.69, 9.17) is 0 Å². The van der Waals surface area contributed by atoms with Crippen LogP contribution < -0.4 is 0 Å². The summed E-state index contributed by atoms with van der Waals surface area (Å²) >= 11 is 0. The summed E-state index contributed by atoms with van der Waals surface area (Å²) in [5.74, 6) is 0. The van der Waals surface area contributed by atoms with Crippen molar-refractivity contribution in [3.8, 4) is 34.9 Å². The van der Waals surface area contributed by atoms with E-state index in [1.54, 1.807) is 0 Å². The first-order valence-corrected chi connectivity index (χ1v) is 26.4. The van der Waals surface area contributed by atoms with Crippen molar-refractivity contribution < 1.29 is 0 Å². The third-order valence-corrected chi connectivity index (χ3v) is 16.7. The van der Waals surface area contributed by atoms with Crippen molar-refractivity contribution in [1.82, 2.24) is 18.3 Å². The predicted octanol–water partition coefficient (Wildman–Crippen LogP) is 18.4. The second kappa shape index (κ2) is 15.8. The van der Waals surface area contributed by atoms with Gasteiger partial charge in [-0.25, -0.2) is 0 Å². The highest BCUT2D eigenvalue weighted by Crippen LogP contribution is 2.50. The first-order chi connectivity index (χ1) is 38.6. The van der Waals surface area contributed by atoms with Crippen LogP contribution in [0.1, 0.15) is 11.1 Å². The van der Waals surface area contributed by atoms with Gasteiger partial charge in [-0.2, -0.15) is 10.5 Å². The number of hydrogen-bond acceptors (Lipinski definition) is 2. The number of rotatable bonds is 4. The van der Waals surface area contributed by atoms with Crippen LogP contribution in [0.15, 0.2) is 243 Å². The van der Waals surface area contributed by atoms with Crippen LogP contribution in [0.4, 0.5) is 0 Å². The number of nitriles is 2. The van der Waals surface area contributed by atoms with Crippen LogP contribution in [-0.4, -0.2) is 18.3 Å². The molecular formula is C72H40N6. The fourth-order valence-electron chi connectivity index (χ4n) is 13.4. The molecule has 0 aliphatic heterocycles. The Labute approximate surface area is 445 Å². The molecule has 6 heteroatoms. The van der Waals surface area contributed by atoms with Gasteiger partial charge in [-0.3, -0.25) is 0 Å². The summed E-state index contributed by atoms with van der Waals surface area (Å²) in [5.41, 5.74) is 10.8. The van der Waals surface area contributed by atoms with E-state index >= 15 is 0 Å². The van der Waals surface area contributed by atoms with Gasteiger partial charge in [-0.1, -0.05) is 170 Å². The van der Waals surface area contributed by atoms with Gasteiger partial charge in [-0.05, 0) is 116 Å². The van der Waals surface area contributed by atoms with E-state index in [1.807, 2.05) is 0 Å². The molecule has 0 spiro atoms. The van der Waals surface area contributed by atoms with Gasteiger partial charge >= 0.3 is 0 Å². The molecule has 6 nitrogen and oxygen atoms in total. The van der Waals surface area contributed by atoms with Crippen molar-refractivity contribution in [1.29, 1.82) is 10.5 Å². The van der Waals surface area contributed by atoms with E-state index in [0.717, 1.165) is 130 Å². The quantitative estimate of drug-likeness (QED) is 0.176. The SMILES string of the molecule is N#Cc1c(-n2c3ccccc3c3cc4ccccc4cc32)c(C#N)c(-n2c3ccccc3c3cc4ccccc4cc32)c(-n2c3ccccc3c3cc4ccccc4cc32)c1-n1c2ccccc2c2cc3ccccc3cc21. The van der Waals surface area contributed by atoms with Gasteiger partial charge in [-0.15, -0.1) is 0 Å². The Bertz CT molecular complexity index is 5420. The van der Waals surface area contributed by atoms with Crippen molar-refractivity contribution in [2.24, 2.45) is 0 Å². The number of para-hydroxylation sites is 4. The molecule has 0 bridgehead atoms. The molecule has 358 valence electrons. The molecule has 78 heavy (non-hydrogen) atoms. The molecule has 0 amide bonds. The minimum absolute atomic E-state index is 0.370. The number of aromatic nitrogens is 4. The molecule has 0 aliphatic rings. The highest BCUT2D eigenvalue weighted by Gasteiger charge is 2.35. The van der Waals surface area contributed by atoms with E-state index < -0.39 is 0 Å². The summed E-state index contributed by atoms with van der Waals surface area (Å²) in [5, 5.41) is 42.6. The topological polar surface area (TPSA) is 67.3 Å². The highest BCUT2D eigenvalue weighted by atomic mass is 15.1. The molecular weight excluding hydrogens is 949 g/mol. The van der Waals surface area contributed by atoms with E-state index in [-0.39, 0.29) is 0 Å². The molecule has 0 saturated heterocycles. The van der Waals surface area contributed by atoms with E-state index in [1.165, 1.54) is 0 Å². The molecule has 0 saturated carbocycles. The van der Waals surface area contributed by atoms with Gasteiger partial charge in [0, 0.05) is 43.1 Å². The monoisotopic (exact) mass is 988 g/mol. The molecule has 0 radical (unpaired) electrons. The van der Waals surface area contributed by atoms with Crippen LogP contribution in [-0.2, 0) is 0 Å². The zero-order valence-corrected chi connectivity index (χ0v) is 41.8. The minimum atomic E-state index is 0.370. The average molecular weight is 989 g/mol. The maximum atomic E-state index is 12.7. The highest BCUT2D eigenvalue weighted by molar-refractivity contribution is 6.20. The fourth-order valence-corrected chi connectivity index (χ4v) is 13.4. The lowest BCUT2D eigenvalue weighted by Gasteiger charge is -2.27. The molecule has 0 aliphatic carbocycles. The van der Waals surface area contributed by atoms with Gasteiger partial charge < -0.3 is 18.3 Å². The normalized spacial score (nSPS) is 12.1. The summed E-state index contributed by atoms with van der Waals surface area (Å²) in [6, 6.07) is 92.3. The standard InChI is InChI=1S/C72H40N6/c73-41-59-69(75-61-29-13-9-25-51(61)55-33-43-17-1-5-21-47(43)37-65(55)75)60(42-74)71(77-63-31-15-11-27-53(63)57-35-45-19-3-7-23-49(45)39-67(57)77)72(78-64-32-16-12-28-54(64)58-36-46-20-4-8-24-50(46)40-68(58)78)70(59)76-62-30-14-10-26-52(62)56-34-44-18-2-6-22-48(44)38-66(56)76/h1-40H. The maximum absolute atomic E-state index is 12.7. The second-order valence-corrected chi connectivity index (χ2v) is 20.6. The molecule has 4 heterocycles. The molecule has 4 aromatic heterocycles. The number of hydrogen-bond donors (Lipinski definition) is 0. The zero-order valence-electron chi connectivity index (χ0n) is 41.8. The van der Waals surface area contributed by atoms with Crippen LogP contribution in [0, 0.1) is 22.7 Å². The Hall–Kier alpha value is -10.9. The Morgan fingerprint density at radius 3 is 0.692 bits per heavy atom. The molecule has 17 aromatic rings. The lowest BCUT2D eigenvalue weighted by Crippen LogP contribution is -2.17. The van der Waals surface area contributed by atoms with Gasteiger partial charge in [0.15, 0.2) is 0 Å². The summed E-state index contributed by atoms with van der Waals surface area (Å²) < 4.78 is 9.27. The molecule has 0 unspecified atom stereocenters. The van der Waals surface area contributed by atoms with Crippen LogP contribution in [0.3, 0.4) is 0 Å². The molecule has 17 rings (SSSR count). The third-order valence-electron chi connectivity index (χ3n) is 16.7. The third kappa shape index (κ3) is 5.67. The summed E-state index contributed by atoms with van der Waals surface area (Å²) in [6.45, 7) is 0. The van der Waals surface area contributed by atoms with E-state index in [2.05, 4.69) is 273 Å². The number of benzene rings is 13. The minimum Gasteiger partial charge on any atom is -0.306 e. The molecule has 0 atom stereocenters. The molecule has 0 N–H and O–H groups in total. The smallest absolute Gasteiger partial charge is 0.104 e. The van der Waals surface area contributed by atoms with Crippen LogP contribution in [0.25, 0.3) is 153 Å². The Kier molecular flexibility index (Phi) is 8.60. The Morgan fingerprint density at radius 2 is 0.423 bits per heavy atom. The first kappa shape index (κ1) is 42.4. The van der Waals surface area contributed by atoms with Crippen molar-refractivity contribution in [2.75, 3.05) is 0 Å². The maximum Gasteiger partial charge on any atom is 0.104 e. The van der Waals surface area contributed by atoms with Crippen molar-refractivity contribution >= 4 is 130 Å². The Balaban J connectivity index is 1.21. The summed E-state index contributed by atoms with van der Waals surface area (Å²) in [6.07, 6.45) is 0. The van der Waals surface area contributed by atoms with Crippen LogP contribution in [0.2, 0.25) is 0 Å². The van der Waals surface area contributed by atoms with Crippen molar-refractivity contribution in [2.45, 2.75) is 0 Å². The molecule has 13 aromatic carbocycles. The van der Waals surface area contributed by atoms with Gasteiger partial charge in [0.05, 0.1) is 66.9 Å². The first-order valence-electron chi connectivity index (χ1n) is 26.4. The van der Waals surface area contributed by atoms with E-state index in [9.17, 15) is 10.5 Å². The lowest BCUT2D eigenvalue weighted by atomic mass is 9.98.